The summed E-state index contributed by atoms with van der Waals surface area (Å²) in [5.41, 5.74) is 20.9. The van der Waals surface area contributed by atoms with Crippen molar-refractivity contribution in [1.29, 1.82) is 0 Å². The molecule has 2 aromatic carbocycles. The lowest BCUT2D eigenvalue weighted by Crippen LogP contribution is -2.26. The van der Waals surface area contributed by atoms with Crippen LogP contribution in [0.2, 0.25) is 0 Å². The molecule has 0 bridgehead atoms. The van der Waals surface area contributed by atoms with Crippen LogP contribution in [0.4, 0.5) is 0 Å². The van der Waals surface area contributed by atoms with Gasteiger partial charge in [-0.15, -0.1) is 45.3 Å². The number of hydrogen-bond donors (Lipinski definition) is 0. The Hall–Kier alpha value is -2.76. The first-order chi connectivity index (χ1) is 32.2. The van der Waals surface area contributed by atoms with Crippen molar-refractivity contribution in [1.82, 2.24) is 0 Å². The fraction of sp³-hybridized carbons (Fsp3) is 0.562. The largest absolute Gasteiger partial charge is 0.142 e. The van der Waals surface area contributed by atoms with Crippen molar-refractivity contribution >= 4 is 45.3 Å². The Morgan fingerprint density at radius 1 is 0.353 bits per heavy atom. The summed E-state index contributed by atoms with van der Waals surface area (Å²) in [6, 6.07) is 20.4. The average molecular weight is 980 g/mol. The lowest BCUT2D eigenvalue weighted by atomic mass is 9.72. The SMILES string of the molecule is CCC1(CC)CC(C)(C)c2c1cc1c(c2-c2ccsc2-c2ccc(-c3ccc(-c4sccc4-c4c5c(cc6c4C(C)(C)CC6(CC)CC)C(CC)(CC)CC5(C)C)s3)s2)C(C)(C)CC1(CC)CC. The summed E-state index contributed by atoms with van der Waals surface area (Å²) in [5.74, 6) is 0. The Labute approximate surface area is 428 Å². The molecule has 0 aliphatic heterocycles. The van der Waals surface area contributed by atoms with E-state index in [-0.39, 0.29) is 43.3 Å². The predicted molar refractivity (Wildman–Crippen MR) is 305 cm³/mol. The Kier molecular flexibility index (Phi) is 11.8. The normalized spacial score (nSPS) is 21.2. The molecule has 4 aliphatic carbocycles. The number of thiophene rings is 4. The van der Waals surface area contributed by atoms with E-state index >= 15 is 0 Å². The lowest BCUT2D eigenvalue weighted by Gasteiger charge is -2.32. The molecule has 0 nitrogen and oxygen atoms in total. The maximum atomic E-state index is 2.79. The van der Waals surface area contributed by atoms with Gasteiger partial charge < -0.3 is 0 Å². The zero-order valence-corrected chi connectivity index (χ0v) is 48.2. The highest BCUT2D eigenvalue weighted by molar-refractivity contribution is 7.28. The highest BCUT2D eigenvalue weighted by Crippen LogP contribution is 2.67. The molecule has 68 heavy (non-hydrogen) atoms. The summed E-state index contributed by atoms with van der Waals surface area (Å²) in [6.45, 7) is 40.2. The highest BCUT2D eigenvalue weighted by Gasteiger charge is 2.56. The third kappa shape index (κ3) is 6.70. The molecule has 4 heterocycles. The van der Waals surface area contributed by atoms with Crippen LogP contribution in [0.15, 0.2) is 59.3 Å². The van der Waals surface area contributed by atoms with Gasteiger partial charge in [0.1, 0.15) is 0 Å². The van der Waals surface area contributed by atoms with Crippen LogP contribution >= 0.6 is 45.3 Å². The second kappa shape index (κ2) is 16.4. The first-order valence-corrected chi connectivity index (χ1v) is 30.4. The zero-order valence-electron chi connectivity index (χ0n) is 44.9. The molecule has 0 saturated carbocycles. The van der Waals surface area contributed by atoms with Gasteiger partial charge in [-0.05, 0) is 223 Å². The monoisotopic (exact) mass is 979 g/mol. The summed E-state index contributed by atoms with van der Waals surface area (Å²) in [7, 11) is 0. The number of fused-ring (bicyclic) bond motifs is 4. The van der Waals surface area contributed by atoms with E-state index in [2.05, 4.69) is 170 Å². The van der Waals surface area contributed by atoms with Gasteiger partial charge in [0, 0.05) is 30.6 Å². The minimum absolute atomic E-state index is 0.106. The molecular weight excluding hydrogens is 897 g/mol. The zero-order chi connectivity index (χ0) is 48.8. The van der Waals surface area contributed by atoms with Crippen LogP contribution in [0.1, 0.15) is 232 Å². The van der Waals surface area contributed by atoms with E-state index in [0.29, 0.717) is 0 Å². The fourth-order valence-electron chi connectivity index (χ4n) is 16.6. The maximum Gasteiger partial charge on any atom is 0.0521 e. The predicted octanol–water partition coefficient (Wildman–Crippen LogP) is 21.2. The van der Waals surface area contributed by atoms with Crippen LogP contribution < -0.4 is 0 Å². The van der Waals surface area contributed by atoms with Crippen LogP contribution in [0, 0.1) is 0 Å². The van der Waals surface area contributed by atoms with Crippen molar-refractivity contribution in [3.63, 3.8) is 0 Å². The minimum Gasteiger partial charge on any atom is -0.142 e. The molecule has 0 spiro atoms. The molecule has 10 rings (SSSR count). The van der Waals surface area contributed by atoms with Crippen molar-refractivity contribution in [3.05, 3.63) is 104 Å². The van der Waals surface area contributed by atoms with Gasteiger partial charge in [-0.1, -0.05) is 123 Å². The maximum absolute atomic E-state index is 2.79. The molecule has 0 atom stereocenters. The van der Waals surface area contributed by atoms with Crippen LogP contribution in [0.5, 0.6) is 0 Å². The van der Waals surface area contributed by atoms with Crippen LogP contribution in [0.25, 0.3) is 51.5 Å². The van der Waals surface area contributed by atoms with E-state index in [9.17, 15) is 0 Å². The molecule has 6 aromatic rings. The first-order valence-electron chi connectivity index (χ1n) is 27.0. The first kappa shape index (κ1) is 48.8. The van der Waals surface area contributed by atoms with Crippen molar-refractivity contribution in [2.45, 2.75) is 231 Å². The lowest BCUT2D eigenvalue weighted by molar-refractivity contribution is 0.322. The van der Waals surface area contributed by atoms with E-state index in [4.69, 9.17) is 0 Å². The van der Waals surface area contributed by atoms with Crippen LogP contribution in [-0.2, 0) is 43.3 Å². The van der Waals surface area contributed by atoms with E-state index in [1.165, 1.54) is 117 Å². The molecule has 0 N–H and O–H groups in total. The highest BCUT2D eigenvalue weighted by atomic mass is 32.1. The molecule has 362 valence electrons. The van der Waals surface area contributed by atoms with Gasteiger partial charge in [0.2, 0.25) is 0 Å². The van der Waals surface area contributed by atoms with Crippen LogP contribution in [-0.4, -0.2) is 0 Å². The summed E-state index contributed by atoms with van der Waals surface area (Å²) in [6.07, 6.45) is 14.6. The molecule has 0 radical (unpaired) electrons. The Bertz CT molecular complexity index is 2590. The van der Waals surface area contributed by atoms with Gasteiger partial charge in [-0.3, -0.25) is 0 Å². The Balaban J connectivity index is 1.10. The molecule has 0 amide bonds. The number of rotatable bonds is 13. The van der Waals surface area contributed by atoms with Gasteiger partial charge in [0.05, 0.1) is 9.75 Å². The summed E-state index contributed by atoms with van der Waals surface area (Å²) < 4.78 is 0. The number of hydrogen-bond acceptors (Lipinski definition) is 4. The fourth-order valence-corrected chi connectivity index (χ4v) is 20.8. The van der Waals surface area contributed by atoms with Crippen LogP contribution in [0.3, 0.4) is 0 Å². The molecule has 4 aromatic heterocycles. The average Bonchev–Trinajstić information content (AvgIpc) is 4.19. The van der Waals surface area contributed by atoms with Crippen molar-refractivity contribution in [2.24, 2.45) is 0 Å². The van der Waals surface area contributed by atoms with Gasteiger partial charge in [0.25, 0.3) is 0 Å². The van der Waals surface area contributed by atoms with E-state index in [0.717, 1.165) is 0 Å². The molecule has 0 saturated heterocycles. The second-order valence-electron chi connectivity index (χ2n) is 25.0. The van der Waals surface area contributed by atoms with E-state index < -0.39 is 0 Å². The van der Waals surface area contributed by atoms with Gasteiger partial charge >= 0.3 is 0 Å². The van der Waals surface area contributed by atoms with Gasteiger partial charge in [-0.2, -0.15) is 0 Å². The summed E-state index contributed by atoms with van der Waals surface area (Å²) >= 11 is 7.95. The molecule has 4 heteroatoms. The molecule has 0 fully saturated rings. The van der Waals surface area contributed by atoms with Crippen molar-refractivity contribution < 1.29 is 0 Å². The van der Waals surface area contributed by atoms with Gasteiger partial charge in [0.15, 0.2) is 0 Å². The molecular formula is C64H82S4. The third-order valence-corrected chi connectivity index (χ3v) is 24.5. The van der Waals surface area contributed by atoms with E-state index in [1.807, 2.05) is 45.3 Å². The molecule has 0 unspecified atom stereocenters. The molecule has 4 aliphatic rings. The minimum atomic E-state index is 0.106. The van der Waals surface area contributed by atoms with E-state index in [1.54, 1.807) is 55.6 Å². The van der Waals surface area contributed by atoms with Crippen molar-refractivity contribution in [3.8, 4) is 51.5 Å². The van der Waals surface area contributed by atoms with Crippen molar-refractivity contribution in [2.75, 3.05) is 0 Å². The topological polar surface area (TPSA) is 0 Å². The summed E-state index contributed by atoms with van der Waals surface area (Å²) in [4.78, 5) is 8.52. The Morgan fingerprint density at radius 2 is 0.603 bits per heavy atom. The summed E-state index contributed by atoms with van der Waals surface area (Å²) in [5, 5.41) is 4.80. The second-order valence-corrected chi connectivity index (χ2v) is 29.0. The third-order valence-electron chi connectivity index (χ3n) is 20.0. The van der Waals surface area contributed by atoms with Gasteiger partial charge in [-0.25, -0.2) is 0 Å². The standard InChI is InChI=1S/C64H82S4/c1-17-61(18-2)35-57(9,10)51-41(61)33-42-52(58(11,12)36-62(42,19-3)20-4)49(51)39-29-31-65-55(39)47-27-25-45(67-47)46-26-28-48(68-46)56-40(30-32-66-56)50-53-43(63(21-5,22-6)37-59(53,13)14)34-44-54(50)60(15,16)38-64(44,23-7)24-8/h25-34H,17-24,35-38H2,1-16H3. The number of benzene rings is 2. The Morgan fingerprint density at radius 3 is 0.853 bits per heavy atom. The quantitative estimate of drug-likeness (QED) is 0.108. The smallest absolute Gasteiger partial charge is 0.0521 e.